The molecule has 3 aromatic rings. The van der Waals surface area contributed by atoms with Crippen LogP contribution in [-0.4, -0.2) is 16.7 Å². The summed E-state index contributed by atoms with van der Waals surface area (Å²) in [5.74, 6) is 0.835. The minimum Gasteiger partial charge on any atom is -0.486 e. The molecule has 1 heterocycles. The van der Waals surface area contributed by atoms with Gasteiger partial charge >= 0.3 is 5.97 Å². The van der Waals surface area contributed by atoms with Crippen LogP contribution in [0.2, 0.25) is 0 Å². The van der Waals surface area contributed by atoms with Gasteiger partial charge in [0.05, 0.1) is 5.56 Å². The number of benzene rings is 3. The van der Waals surface area contributed by atoms with Crippen molar-refractivity contribution in [3.05, 3.63) is 76.9 Å². The van der Waals surface area contributed by atoms with Crippen LogP contribution in [-0.2, 0) is 11.8 Å². The number of hydrogen-bond acceptors (Lipinski definition) is 2. The minimum absolute atomic E-state index is 0.0604. The van der Waals surface area contributed by atoms with Gasteiger partial charge in [-0.25, -0.2) is 4.79 Å². The zero-order valence-electron chi connectivity index (χ0n) is 18.4. The van der Waals surface area contributed by atoms with Gasteiger partial charge in [0.25, 0.3) is 0 Å². The molecule has 158 valence electrons. The topological polar surface area (TPSA) is 46.5 Å². The Kier molecular flexibility index (Phi) is 3.60. The molecule has 2 saturated carbocycles. The maximum atomic E-state index is 11.2. The molecule has 3 nitrogen and oxygen atoms in total. The summed E-state index contributed by atoms with van der Waals surface area (Å²) in [5.41, 5.74) is 4.54. The van der Waals surface area contributed by atoms with Crippen LogP contribution in [0.5, 0.6) is 5.75 Å². The molecule has 3 aromatic carbocycles. The standard InChI is InChI=1S/C28H28O3/c1-26-11-10-22(16-26)28(3)27(26,2)23-14-18(5-9-24(23)31-28)12-17-4-6-20-15-21(25(29)30)8-7-19(20)13-17/h4-9,13-15,22H,10-12,16H2,1-3H3,(H,29,30). The quantitative estimate of drug-likeness (QED) is 0.545. The van der Waals surface area contributed by atoms with E-state index in [2.05, 4.69) is 51.1 Å². The van der Waals surface area contributed by atoms with Crippen LogP contribution < -0.4 is 4.74 Å². The van der Waals surface area contributed by atoms with E-state index in [1.54, 1.807) is 12.1 Å². The summed E-state index contributed by atoms with van der Waals surface area (Å²) in [5, 5.41) is 11.3. The number of ether oxygens (including phenoxy) is 1. The Labute approximate surface area is 183 Å². The molecule has 2 fully saturated rings. The van der Waals surface area contributed by atoms with Crippen molar-refractivity contribution >= 4 is 16.7 Å². The van der Waals surface area contributed by atoms with Gasteiger partial charge in [-0.15, -0.1) is 0 Å². The fraction of sp³-hybridized carbons (Fsp3) is 0.393. The molecule has 4 unspecified atom stereocenters. The van der Waals surface area contributed by atoms with Crippen LogP contribution in [0.15, 0.2) is 54.6 Å². The molecule has 1 aliphatic heterocycles. The van der Waals surface area contributed by atoms with E-state index in [0.29, 0.717) is 16.9 Å². The zero-order chi connectivity index (χ0) is 21.6. The molecule has 31 heavy (non-hydrogen) atoms. The molecule has 0 aromatic heterocycles. The third kappa shape index (κ3) is 2.32. The monoisotopic (exact) mass is 412 g/mol. The first-order valence-corrected chi connectivity index (χ1v) is 11.3. The Morgan fingerprint density at radius 1 is 1.00 bits per heavy atom. The number of carbonyl (C=O) groups is 1. The lowest BCUT2D eigenvalue weighted by Gasteiger charge is -2.48. The van der Waals surface area contributed by atoms with Crippen LogP contribution in [0.1, 0.15) is 67.1 Å². The first kappa shape index (κ1) is 18.9. The second-order valence-electron chi connectivity index (χ2n) is 10.5. The van der Waals surface area contributed by atoms with Gasteiger partial charge in [0.1, 0.15) is 11.4 Å². The van der Waals surface area contributed by atoms with Crippen molar-refractivity contribution in [2.45, 2.75) is 57.5 Å². The van der Waals surface area contributed by atoms with Gasteiger partial charge in [-0.05, 0) is 84.0 Å². The van der Waals surface area contributed by atoms with E-state index < -0.39 is 5.97 Å². The van der Waals surface area contributed by atoms with Crippen molar-refractivity contribution < 1.29 is 14.6 Å². The van der Waals surface area contributed by atoms with E-state index in [0.717, 1.165) is 22.9 Å². The fourth-order valence-electron chi connectivity index (χ4n) is 7.12. The second kappa shape index (κ2) is 5.91. The summed E-state index contributed by atoms with van der Waals surface area (Å²) >= 11 is 0. The maximum Gasteiger partial charge on any atom is 0.335 e. The zero-order valence-corrected chi connectivity index (χ0v) is 18.4. The van der Waals surface area contributed by atoms with Crippen molar-refractivity contribution in [1.29, 1.82) is 0 Å². The molecule has 1 N–H and O–H groups in total. The Balaban J connectivity index is 1.36. The van der Waals surface area contributed by atoms with Crippen molar-refractivity contribution in [3.8, 4) is 5.75 Å². The van der Waals surface area contributed by atoms with Gasteiger partial charge in [0.15, 0.2) is 0 Å². The minimum atomic E-state index is -0.888. The molecule has 4 atom stereocenters. The van der Waals surface area contributed by atoms with E-state index in [9.17, 15) is 9.90 Å². The SMILES string of the molecule is CC12CCC(C1)C1(C)Oc3ccc(Cc4ccc5cc(C(=O)O)ccc5c4)cc3C21C. The van der Waals surface area contributed by atoms with E-state index in [1.807, 2.05) is 12.1 Å². The van der Waals surface area contributed by atoms with Gasteiger partial charge in [-0.3, -0.25) is 0 Å². The average molecular weight is 413 g/mol. The normalized spacial score (nSPS) is 32.7. The van der Waals surface area contributed by atoms with Gasteiger partial charge in [0.2, 0.25) is 0 Å². The van der Waals surface area contributed by atoms with E-state index in [4.69, 9.17) is 4.74 Å². The van der Waals surface area contributed by atoms with Crippen molar-refractivity contribution in [2.24, 2.45) is 11.3 Å². The summed E-state index contributed by atoms with van der Waals surface area (Å²) in [6.45, 7) is 7.26. The molecule has 3 heteroatoms. The highest BCUT2D eigenvalue weighted by Gasteiger charge is 2.73. The molecule has 6 rings (SSSR count). The third-order valence-corrected chi connectivity index (χ3v) is 9.18. The fourth-order valence-corrected chi connectivity index (χ4v) is 7.12. The Bertz CT molecular complexity index is 1260. The van der Waals surface area contributed by atoms with E-state index in [1.165, 1.54) is 36.0 Å². The van der Waals surface area contributed by atoms with Crippen LogP contribution in [0.3, 0.4) is 0 Å². The smallest absolute Gasteiger partial charge is 0.335 e. The van der Waals surface area contributed by atoms with Crippen molar-refractivity contribution in [2.75, 3.05) is 0 Å². The van der Waals surface area contributed by atoms with Crippen LogP contribution in [0.4, 0.5) is 0 Å². The van der Waals surface area contributed by atoms with Crippen LogP contribution >= 0.6 is 0 Å². The van der Waals surface area contributed by atoms with E-state index >= 15 is 0 Å². The molecule has 3 aliphatic rings. The summed E-state index contributed by atoms with van der Waals surface area (Å²) < 4.78 is 6.67. The molecule has 2 bridgehead atoms. The number of carboxylic acids is 1. The first-order chi connectivity index (χ1) is 14.7. The van der Waals surface area contributed by atoms with Crippen molar-refractivity contribution in [3.63, 3.8) is 0 Å². The summed E-state index contributed by atoms with van der Waals surface area (Å²) in [4.78, 5) is 11.2. The number of aromatic carboxylic acids is 1. The number of hydrogen-bond donors (Lipinski definition) is 1. The molecule has 2 aliphatic carbocycles. The van der Waals surface area contributed by atoms with E-state index in [-0.39, 0.29) is 11.0 Å². The van der Waals surface area contributed by atoms with Gasteiger partial charge in [0, 0.05) is 11.0 Å². The summed E-state index contributed by atoms with van der Waals surface area (Å²) in [6, 6.07) is 18.4. The summed E-state index contributed by atoms with van der Waals surface area (Å²) in [7, 11) is 0. The predicted octanol–water partition coefficient (Wildman–Crippen LogP) is 6.36. The summed E-state index contributed by atoms with van der Waals surface area (Å²) in [6.07, 6.45) is 4.70. The lowest BCUT2D eigenvalue weighted by molar-refractivity contribution is -0.0260. The maximum absolute atomic E-state index is 11.2. The average Bonchev–Trinajstić information content (AvgIpc) is 3.31. The first-order valence-electron chi connectivity index (χ1n) is 11.3. The van der Waals surface area contributed by atoms with Crippen molar-refractivity contribution in [1.82, 2.24) is 0 Å². The molecular weight excluding hydrogens is 384 g/mol. The van der Waals surface area contributed by atoms with Gasteiger partial charge in [-0.1, -0.05) is 50.2 Å². The highest BCUT2D eigenvalue weighted by atomic mass is 16.5. The third-order valence-electron chi connectivity index (χ3n) is 9.18. The molecule has 0 radical (unpaired) electrons. The molecular formula is C28H28O3. The number of rotatable bonds is 3. The highest BCUT2D eigenvalue weighted by Crippen LogP contribution is 2.73. The lowest BCUT2D eigenvalue weighted by Crippen LogP contribution is -2.54. The largest absolute Gasteiger partial charge is 0.486 e. The highest BCUT2D eigenvalue weighted by molar-refractivity contribution is 5.94. The number of carboxylic acid groups (broad SMARTS) is 1. The van der Waals surface area contributed by atoms with Gasteiger partial charge in [-0.2, -0.15) is 0 Å². The molecule has 0 spiro atoms. The Morgan fingerprint density at radius 3 is 2.52 bits per heavy atom. The van der Waals surface area contributed by atoms with Crippen LogP contribution in [0.25, 0.3) is 10.8 Å². The second-order valence-corrected chi connectivity index (χ2v) is 10.5. The van der Waals surface area contributed by atoms with Crippen LogP contribution in [0, 0.1) is 11.3 Å². The lowest BCUT2D eigenvalue weighted by atomic mass is 9.56. The molecule has 0 saturated heterocycles. The predicted molar refractivity (Wildman–Crippen MR) is 122 cm³/mol. The Hall–Kier alpha value is -2.81. The molecule has 0 amide bonds. The number of fused-ring (bicyclic) bond motifs is 8. The Morgan fingerprint density at radius 2 is 1.71 bits per heavy atom. The van der Waals surface area contributed by atoms with Gasteiger partial charge < -0.3 is 9.84 Å².